The Bertz CT molecular complexity index is 778. The third-order valence-corrected chi connectivity index (χ3v) is 10.9. The normalized spacial score (nSPS) is 11.9. The summed E-state index contributed by atoms with van der Waals surface area (Å²) in [7, 11) is 4.34. The predicted octanol–water partition coefficient (Wildman–Crippen LogP) is 15.1. The highest BCUT2D eigenvalue weighted by molar-refractivity contribution is 5.69. The number of allylic oxidation sites excluding steroid dienone is 2. The van der Waals surface area contributed by atoms with Crippen LogP contribution in [0.4, 0.5) is 0 Å². The van der Waals surface area contributed by atoms with Gasteiger partial charge >= 0.3 is 11.9 Å². The van der Waals surface area contributed by atoms with Gasteiger partial charge < -0.3 is 14.4 Å². The standard InChI is InChI=1S/C49H93NO4/c1-5-7-9-11-13-15-17-19-21-29-37-45-53-48(51)42-33-27-23-25-31-39-47(41-35-36-44-50(3)4)40-32-26-24-28-34-43-49(52)54-46-38-30-22-20-18-16-14-12-10-8-6-2/h29-30,37-38,47H,5-28,31-36,39-46H2,1-4H3/b37-29-,38-30-. The number of ether oxygens (including phenoxy) is 2. The van der Waals surface area contributed by atoms with Gasteiger partial charge in [-0.3, -0.25) is 9.59 Å². The van der Waals surface area contributed by atoms with Crippen molar-refractivity contribution in [3.63, 3.8) is 0 Å². The summed E-state index contributed by atoms with van der Waals surface area (Å²) in [5.74, 6) is 0.748. The van der Waals surface area contributed by atoms with Gasteiger partial charge in [0.05, 0.1) is 0 Å². The maximum absolute atomic E-state index is 12.1. The Hall–Kier alpha value is -1.62. The van der Waals surface area contributed by atoms with Crippen LogP contribution in [0.5, 0.6) is 0 Å². The van der Waals surface area contributed by atoms with Crippen molar-refractivity contribution in [3.05, 3.63) is 24.3 Å². The van der Waals surface area contributed by atoms with Crippen molar-refractivity contribution >= 4 is 11.9 Å². The first-order valence-corrected chi connectivity index (χ1v) is 23.8. The topological polar surface area (TPSA) is 55.8 Å². The van der Waals surface area contributed by atoms with E-state index < -0.39 is 0 Å². The van der Waals surface area contributed by atoms with E-state index in [2.05, 4.69) is 45.0 Å². The summed E-state index contributed by atoms with van der Waals surface area (Å²) in [4.78, 5) is 26.5. The molecule has 0 amide bonds. The van der Waals surface area contributed by atoms with Crippen molar-refractivity contribution in [2.24, 2.45) is 5.92 Å². The van der Waals surface area contributed by atoms with Gasteiger partial charge in [0, 0.05) is 12.8 Å². The van der Waals surface area contributed by atoms with Gasteiger partial charge in [0.1, 0.15) is 13.2 Å². The lowest BCUT2D eigenvalue weighted by Crippen LogP contribution is -2.13. The molecule has 0 rings (SSSR count). The summed E-state index contributed by atoms with van der Waals surface area (Å²) in [5, 5.41) is 0. The monoisotopic (exact) mass is 760 g/mol. The second kappa shape index (κ2) is 44.1. The lowest BCUT2D eigenvalue weighted by atomic mass is 9.90. The molecule has 0 saturated heterocycles. The fourth-order valence-corrected chi connectivity index (χ4v) is 7.35. The molecule has 0 radical (unpaired) electrons. The van der Waals surface area contributed by atoms with Crippen LogP contribution < -0.4 is 0 Å². The average molecular weight is 760 g/mol. The zero-order valence-corrected chi connectivity index (χ0v) is 36.8. The quantitative estimate of drug-likeness (QED) is 0.0352. The van der Waals surface area contributed by atoms with Crippen molar-refractivity contribution < 1.29 is 19.1 Å². The Labute approximate surface area is 337 Å². The number of unbranched alkanes of at least 4 members (excludes halogenated alkanes) is 25. The van der Waals surface area contributed by atoms with Crippen LogP contribution in [-0.2, 0) is 19.1 Å². The van der Waals surface area contributed by atoms with E-state index in [9.17, 15) is 9.59 Å². The van der Waals surface area contributed by atoms with Crippen molar-refractivity contribution in [2.45, 2.75) is 239 Å². The Morgan fingerprint density at radius 1 is 0.426 bits per heavy atom. The second-order valence-corrected chi connectivity index (χ2v) is 16.6. The van der Waals surface area contributed by atoms with E-state index in [1.54, 1.807) is 0 Å². The van der Waals surface area contributed by atoms with E-state index in [4.69, 9.17) is 9.47 Å². The average Bonchev–Trinajstić information content (AvgIpc) is 3.16. The van der Waals surface area contributed by atoms with Crippen molar-refractivity contribution in [2.75, 3.05) is 33.9 Å². The van der Waals surface area contributed by atoms with Gasteiger partial charge in [0.15, 0.2) is 0 Å². The smallest absolute Gasteiger partial charge is 0.306 e. The minimum Gasteiger partial charge on any atom is -0.461 e. The molecule has 0 N–H and O–H groups in total. The third-order valence-electron chi connectivity index (χ3n) is 10.9. The number of rotatable bonds is 43. The van der Waals surface area contributed by atoms with E-state index in [1.165, 1.54) is 180 Å². The molecular formula is C49H93NO4. The maximum atomic E-state index is 12.1. The van der Waals surface area contributed by atoms with Gasteiger partial charge in [0.2, 0.25) is 0 Å². The first-order valence-electron chi connectivity index (χ1n) is 23.8. The molecule has 0 fully saturated rings. The zero-order chi connectivity index (χ0) is 39.4. The summed E-state index contributed by atoms with van der Waals surface area (Å²) in [6.07, 6.45) is 51.6. The summed E-state index contributed by atoms with van der Waals surface area (Å²) in [6.45, 7) is 6.58. The Balaban J connectivity index is 3.88. The van der Waals surface area contributed by atoms with Crippen LogP contribution >= 0.6 is 0 Å². The van der Waals surface area contributed by atoms with Gasteiger partial charge in [-0.1, -0.05) is 205 Å². The van der Waals surface area contributed by atoms with Crippen LogP contribution in [0.1, 0.15) is 239 Å². The molecule has 318 valence electrons. The highest BCUT2D eigenvalue weighted by Gasteiger charge is 2.10. The number of hydrogen-bond acceptors (Lipinski definition) is 5. The molecule has 0 aliphatic heterocycles. The number of carbonyl (C=O) groups excluding carboxylic acids is 2. The molecule has 0 atom stereocenters. The minimum atomic E-state index is -0.0447. The van der Waals surface area contributed by atoms with Gasteiger partial charge in [-0.2, -0.15) is 0 Å². The highest BCUT2D eigenvalue weighted by Crippen LogP contribution is 2.24. The first kappa shape index (κ1) is 52.4. The lowest BCUT2D eigenvalue weighted by Gasteiger charge is -2.18. The van der Waals surface area contributed by atoms with E-state index in [0.717, 1.165) is 44.4 Å². The second-order valence-electron chi connectivity index (χ2n) is 16.6. The molecule has 5 nitrogen and oxygen atoms in total. The van der Waals surface area contributed by atoms with Gasteiger partial charge in [-0.05, 0) is 71.5 Å². The molecule has 0 bridgehead atoms. The van der Waals surface area contributed by atoms with Crippen LogP contribution in [-0.4, -0.2) is 50.7 Å². The van der Waals surface area contributed by atoms with E-state index in [-0.39, 0.29) is 11.9 Å². The SMILES string of the molecule is CCCCCCCCCC/C=C\COC(=O)CCCCCCCC(CCCCCCCC(=O)OC/C=C\CCCCCCCCCC)CCCCN(C)C. The molecular weight excluding hydrogens is 667 g/mol. The molecule has 0 aromatic rings. The lowest BCUT2D eigenvalue weighted by molar-refractivity contribution is -0.143. The van der Waals surface area contributed by atoms with Crippen LogP contribution in [0.2, 0.25) is 0 Å². The van der Waals surface area contributed by atoms with Crippen LogP contribution in [0, 0.1) is 5.92 Å². The zero-order valence-electron chi connectivity index (χ0n) is 36.8. The summed E-state index contributed by atoms with van der Waals surface area (Å²) in [5.41, 5.74) is 0. The van der Waals surface area contributed by atoms with Gasteiger partial charge in [0.25, 0.3) is 0 Å². The molecule has 5 heteroatoms. The summed E-state index contributed by atoms with van der Waals surface area (Å²) < 4.78 is 10.8. The number of hydrogen-bond donors (Lipinski definition) is 0. The fourth-order valence-electron chi connectivity index (χ4n) is 7.35. The molecule has 0 aliphatic rings. The van der Waals surface area contributed by atoms with E-state index in [0.29, 0.717) is 26.1 Å². The van der Waals surface area contributed by atoms with Crippen LogP contribution in [0.25, 0.3) is 0 Å². The molecule has 0 aliphatic carbocycles. The number of esters is 2. The Morgan fingerprint density at radius 2 is 0.759 bits per heavy atom. The fraction of sp³-hybridized carbons (Fsp3) is 0.878. The van der Waals surface area contributed by atoms with Gasteiger partial charge in [-0.25, -0.2) is 0 Å². The van der Waals surface area contributed by atoms with E-state index >= 15 is 0 Å². The Kier molecular flexibility index (Phi) is 42.8. The molecule has 54 heavy (non-hydrogen) atoms. The number of carbonyl (C=O) groups is 2. The Morgan fingerprint density at radius 3 is 1.15 bits per heavy atom. The first-order chi connectivity index (χ1) is 26.5. The predicted molar refractivity (Wildman–Crippen MR) is 235 cm³/mol. The number of nitrogens with zero attached hydrogens (tertiary/aromatic N) is 1. The largest absolute Gasteiger partial charge is 0.461 e. The molecule has 0 saturated carbocycles. The summed E-state index contributed by atoms with van der Waals surface area (Å²) in [6, 6.07) is 0. The molecule has 0 aromatic heterocycles. The van der Waals surface area contributed by atoms with E-state index in [1.807, 2.05) is 12.2 Å². The highest BCUT2D eigenvalue weighted by atomic mass is 16.5. The van der Waals surface area contributed by atoms with Crippen molar-refractivity contribution in [3.8, 4) is 0 Å². The minimum absolute atomic E-state index is 0.0447. The molecule has 0 heterocycles. The van der Waals surface area contributed by atoms with Crippen LogP contribution in [0.3, 0.4) is 0 Å². The molecule has 0 unspecified atom stereocenters. The van der Waals surface area contributed by atoms with Crippen LogP contribution in [0.15, 0.2) is 24.3 Å². The summed E-state index contributed by atoms with van der Waals surface area (Å²) >= 11 is 0. The third kappa shape index (κ3) is 43.1. The maximum Gasteiger partial charge on any atom is 0.306 e. The molecule has 0 aromatic carbocycles. The van der Waals surface area contributed by atoms with Crippen molar-refractivity contribution in [1.82, 2.24) is 4.90 Å². The van der Waals surface area contributed by atoms with Crippen molar-refractivity contribution in [1.29, 1.82) is 0 Å². The molecule has 0 spiro atoms. The van der Waals surface area contributed by atoms with Gasteiger partial charge in [-0.15, -0.1) is 0 Å².